The minimum Gasteiger partial charge on any atom is -0.486 e. The zero-order valence-corrected chi connectivity index (χ0v) is 16.3. The third-order valence-corrected chi connectivity index (χ3v) is 4.94. The van der Waals surface area contributed by atoms with Gasteiger partial charge in [0.1, 0.15) is 18.8 Å². The number of nitrogens with one attached hydrogen (secondary N) is 1. The van der Waals surface area contributed by atoms with E-state index in [-0.39, 0.29) is 6.61 Å². The highest BCUT2D eigenvalue weighted by atomic mass is 35.5. The van der Waals surface area contributed by atoms with Crippen LogP contribution >= 0.6 is 11.6 Å². The molecule has 2 aromatic carbocycles. The zero-order valence-electron chi connectivity index (χ0n) is 15.5. The van der Waals surface area contributed by atoms with Gasteiger partial charge in [0.25, 0.3) is 0 Å². The fourth-order valence-electron chi connectivity index (χ4n) is 3.15. The molecule has 0 bridgehead atoms. The summed E-state index contributed by atoms with van der Waals surface area (Å²) in [6, 6.07) is 9.20. The van der Waals surface area contributed by atoms with Crippen LogP contribution in [0.3, 0.4) is 0 Å². The first-order valence-corrected chi connectivity index (χ1v) is 9.38. The molecule has 7 heteroatoms. The number of hydrogen-bond acceptors (Lipinski definition) is 6. The van der Waals surface area contributed by atoms with Gasteiger partial charge in [0.15, 0.2) is 11.5 Å². The van der Waals surface area contributed by atoms with Crippen molar-refractivity contribution >= 4 is 39.8 Å². The number of aromatic nitrogens is 1. The highest BCUT2D eigenvalue weighted by Crippen LogP contribution is 2.37. The monoisotopic (exact) mass is 398 g/mol. The largest absolute Gasteiger partial charge is 0.486 e. The Hall–Kier alpha value is -2.99. The number of aryl methyl sites for hydroxylation is 1. The number of hydrogen-bond donors (Lipinski definition) is 1. The molecule has 0 amide bonds. The van der Waals surface area contributed by atoms with Crippen molar-refractivity contribution < 1.29 is 19.0 Å². The van der Waals surface area contributed by atoms with E-state index >= 15 is 0 Å². The number of nitrogens with zero attached hydrogens (tertiary/aromatic N) is 1. The van der Waals surface area contributed by atoms with Crippen LogP contribution in [-0.2, 0) is 4.74 Å². The summed E-state index contributed by atoms with van der Waals surface area (Å²) < 4.78 is 16.4. The Bertz CT molecular complexity index is 1070. The van der Waals surface area contributed by atoms with Gasteiger partial charge >= 0.3 is 5.97 Å². The van der Waals surface area contributed by atoms with Crippen LogP contribution in [0, 0.1) is 6.92 Å². The van der Waals surface area contributed by atoms with Crippen molar-refractivity contribution in [2.45, 2.75) is 13.8 Å². The molecule has 0 atom stereocenters. The molecule has 0 radical (unpaired) electrons. The molecule has 1 aromatic heterocycles. The number of anilines is 2. The third-order valence-electron chi connectivity index (χ3n) is 4.53. The fourth-order valence-corrected chi connectivity index (χ4v) is 3.30. The molecule has 0 saturated carbocycles. The van der Waals surface area contributed by atoms with E-state index in [1.54, 1.807) is 13.0 Å². The van der Waals surface area contributed by atoms with E-state index in [9.17, 15) is 4.79 Å². The van der Waals surface area contributed by atoms with Gasteiger partial charge in [0.05, 0.1) is 17.8 Å². The van der Waals surface area contributed by atoms with Gasteiger partial charge in [-0.05, 0) is 43.7 Å². The van der Waals surface area contributed by atoms with E-state index in [0.717, 1.165) is 22.2 Å². The Labute approximate surface area is 167 Å². The summed E-state index contributed by atoms with van der Waals surface area (Å²) in [6.45, 7) is 4.97. The molecule has 2 heterocycles. The first kappa shape index (κ1) is 18.4. The Kier molecular flexibility index (Phi) is 4.96. The lowest BCUT2D eigenvalue weighted by molar-refractivity contribution is 0.0527. The fraction of sp³-hybridized carbons (Fsp3) is 0.238. The molecule has 4 rings (SSSR count). The number of fused-ring (bicyclic) bond motifs is 2. The molecular formula is C21H19ClN2O4. The van der Waals surface area contributed by atoms with Gasteiger partial charge in [-0.25, -0.2) is 4.79 Å². The Balaban J connectivity index is 1.84. The molecule has 1 N–H and O–H groups in total. The SMILES string of the molecule is CCOC(=O)c1cnc2c(C)c(Cl)ccc2c1Nc1ccc2c(c1)OCCO2. The maximum Gasteiger partial charge on any atom is 0.341 e. The van der Waals surface area contributed by atoms with Gasteiger partial charge in [0, 0.05) is 28.4 Å². The molecule has 28 heavy (non-hydrogen) atoms. The second-order valence-corrected chi connectivity index (χ2v) is 6.73. The molecule has 144 valence electrons. The van der Waals surface area contributed by atoms with Crippen LogP contribution in [0.15, 0.2) is 36.5 Å². The number of rotatable bonds is 4. The minimum atomic E-state index is -0.440. The summed E-state index contributed by atoms with van der Waals surface area (Å²) >= 11 is 6.25. The molecular weight excluding hydrogens is 380 g/mol. The quantitative estimate of drug-likeness (QED) is 0.631. The van der Waals surface area contributed by atoms with Crippen LogP contribution in [0.5, 0.6) is 11.5 Å². The van der Waals surface area contributed by atoms with E-state index in [4.69, 9.17) is 25.8 Å². The lowest BCUT2D eigenvalue weighted by atomic mass is 10.1. The predicted molar refractivity (Wildman–Crippen MR) is 108 cm³/mol. The molecule has 3 aromatic rings. The van der Waals surface area contributed by atoms with Crippen molar-refractivity contribution in [3.05, 3.63) is 52.7 Å². The second kappa shape index (κ2) is 7.56. The standard InChI is InChI=1S/C21H19ClN2O4/c1-3-26-21(25)15-11-23-19-12(2)16(22)6-5-14(19)20(15)24-13-4-7-17-18(10-13)28-9-8-27-17/h4-7,10-11H,3,8-9H2,1-2H3,(H,23,24). The summed E-state index contributed by atoms with van der Waals surface area (Å²) in [4.78, 5) is 17.0. The molecule has 0 aliphatic carbocycles. The van der Waals surface area contributed by atoms with Gasteiger partial charge in [-0.2, -0.15) is 0 Å². The van der Waals surface area contributed by atoms with Gasteiger partial charge < -0.3 is 19.5 Å². The lowest BCUT2D eigenvalue weighted by Gasteiger charge is -2.20. The van der Waals surface area contributed by atoms with Crippen LogP contribution in [0.1, 0.15) is 22.8 Å². The molecule has 0 spiro atoms. The maximum atomic E-state index is 12.5. The molecule has 0 fully saturated rings. The van der Waals surface area contributed by atoms with E-state index < -0.39 is 5.97 Å². The third kappa shape index (κ3) is 3.31. The molecule has 1 aliphatic rings. The lowest BCUT2D eigenvalue weighted by Crippen LogP contribution is -2.15. The van der Waals surface area contributed by atoms with Gasteiger partial charge in [-0.1, -0.05) is 11.6 Å². The van der Waals surface area contributed by atoms with Crippen LogP contribution in [0.2, 0.25) is 5.02 Å². The van der Waals surface area contributed by atoms with Crippen LogP contribution in [-0.4, -0.2) is 30.8 Å². The summed E-state index contributed by atoms with van der Waals surface area (Å²) in [5, 5.41) is 4.73. The average molecular weight is 399 g/mol. The minimum absolute atomic E-state index is 0.278. The van der Waals surface area contributed by atoms with Crippen molar-refractivity contribution in [3.63, 3.8) is 0 Å². The number of esters is 1. The molecule has 0 unspecified atom stereocenters. The molecule has 1 aliphatic heterocycles. The van der Waals surface area contributed by atoms with Crippen LogP contribution in [0.4, 0.5) is 11.4 Å². The smallest absolute Gasteiger partial charge is 0.341 e. The maximum absolute atomic E-state index is 12.5. The predicted octanol–water partition coefficient (Wildman–Crippen LogP) is 4.89. The normalized spacial score (nSPS) is 12.7. The second-order valence-electron chi connectivity index (χ2n) is 6.32. The molecule has 6 nitrogen and oxygen atoms in total. The van der Waals surface area contributed by atoms with Gasteiger partial charge in [0.2, 0.25) is 0 Å². The summed E-state index contributed by atoms with van der Waals surface area (Å²) in [7, 11) is 0. The first-order valence-electron chi connectivity index (χ1n) is 9.00. The Morgan fingerprint density at radius 1 is 1.21 bits per heavy atom. The number of ether oxygens (including phenoxy) is 3. The van der Waals surface area contributed by atoms with Crippen LogP contribution < -0.4 is 14.8 Å². The number of halogens is 1. The van der Waals surface area contributed by atoms with Gasteiger partial charge in [-0.3, -0.25) is 4.98 Å². The van der Waals surface area contributed by atoms with Crippen molar-refractivity contribution in [3.8, 4) is 11.5 Å². The number of carbonyl (C=O) groups is 1. The number of benzene rings is 2. The highest BCUT2D eigenvalue weighted by molar-refractivity contribution is 6.32. The van der Waals surface area contributed by atoms with Crippen molar-refractivity contribution in [1.82, 2.24) is 4.98 Å². The zero-order chi connectivity index (χ0) is 19.7. The van der Waals surface area contributed by atoms with Crippen molar-refractivity contribution in [2.24, 2.45) is 0 Å². The molecule has 0 saturated heterocycles. The number of pyridine rings is 1. The van der Waals surface area contributed by atoms with E-state index in [0.29, 0.717) is 41.0 Å². The summed E-state index contributed by atoms with van der Waals surface area (Å²) in [5.41, 5.74) is 3.29. The van der Waals surface area contributed by atoms with Crippen molar-refractivity contribution in [1.29, 1.82) is 0 Å². The Morgan fingerprint density at radius 3 is 2.79 bits per heavy atom. The van der Waals surface area contributed by atoms with E-state index in [1.165, 1.54) is 6.20 Å². The van der Waals surface area contributed by atoms with E-state index in [1.807, 2.05) is 31.2 Å². The number of carbonyl (C=O) groups excluding carboxylic acids is 1. The van der Waals surface area contributed by atoms with Gasteiger partial charge in [-0.15, -0.1) is 0 Å². The summed E-state index contributed by atoms with van der Waals surface area (Å²) in [6.07, 6.45) is 1.52. The first-order chi connectivity index (χ1) is 13.6. The van der Waals surface area contributed by atoms with E-state index in [2.05, 4.69) is 10.3 Å². The topological polar surface area (TPSA) is 69.7 Å². The average Bonchev–Trinajstić information content (AvgIpc) is 2.71. The summed E-state index contributed by atoms with van der Waals surface area (Å²) in [5.74, 6) is 0.917. The Morgan fingerprint density at radius 2 is 2.00 bits per heavy atom. The highest BCUT2D eigenvalue weighted by Gasteiger charge is 2.19. The van der Waals surface area contributed by atoms with Crippen LogP contribution in [0.25, 0.3) is 10.9 Å². The van der Waals surface area contributed by atoms with Crippen molar-refractivity contribution in [2.75, 3.05) is 25.1 Å².